The Morgan fingerprint density at radius 2 is 2.09 bits per heavy atom. The Morgan fingerprint density at radius 3 is 2.86 bits per heavy atom. The lowest BCUT2D eigenvalue weighted by molar-refractivity contribution is 0.166. The average molecular weight is 304 g/mol. The molecular weight excluding hydrogens is 280 g/mol. The molecular formula is C17H24N2O3. The van der Waals surface area contributed by atoms with Crippen LogP contribution in [0.25, 0.3) is 0 Å². The molecule has 2 N–H and O–H groups in total. The molecule has 1 heterocycles. The summed E-state index contributed by atoms with van der Waals surface area (Å²) < 4.78 is 5.96. The number of rotatable bonds is 4. The number of hydrogen-bond acceptors (Lipinski definition) is 3. The predicted molar refractivity (Wildman–Crippen MR) is 85.2 cm³/mol. The number of hydrogen-bond donors (Lipinski definition) is 2. The molecule has 1 atom stereocenters. The monoisotopic (exact) mass is 304 g/mol. The Kier molecular flexibility index (Phi) is 4.83. The summed E-state index contributed by atoms with van der Waals surface area (Å²) in [6.45, 7) is 0.730. The first kappa shape index (κ1) is 15.2. The van der Waals surface area contributed by atoms with Crippen LogP contribution < -0.4 is 10.1 Å². The largest absolute Gasteiger partial charge is 0.490 e. The van der Waals surface area contributed by atoms with Gasteiger partial charge in [0.05, 0.1) is 18.8 Å². The highest BCUT2D eigenvalue weighted by atomic mass is 16.5. The van der Waals surface area contributed by atoms with Crippen molar-refractivity contribution < 1.29 is 14.6 Å². The number of nitrogens with zero attached hydrogens (tertiary/aromatic N) is 1. The van der Waals surface area contributed by atoms with Gasteiger partial charge in [-0.1, -0.05) is 6.07 Å². The van der Waals surface area contributed by atoms with Gasteiger partial charge in [0.2, 0.25) is 0 Å². The Balaban J connectivity index is 1.61. The third-order valence-corrected chi connectivity index (χ3v) is 4.54. The molecule has 0 spiro atoms. The van der Waals surface area contributed by atoms with Crippen molar-refractivity contribution in [1.29, 1.82) is 0 Å². The van der Waals surface area contributed by atoms with Crippen LogP contribution >= 0.6 is 0 Å². The summed E-state index contributed by atoms with van der Waals surface area (Å²) in [6, 6.07) is 7.37. The third kappa shape index (κ3) is 3.53. The Morgan fingerprint density at radius 1 is 1.27 bits per heavy atom. The number of aliphatic hydroxyl groups is 1. The molecule has 1 aromatic carbocycles. The van der Waals surface area contributed by atoms with Crippen LogP contribution in [0.3, 0.4) is 0 Å². The number of amides is 2. The van der Waals surface area contributed by atoms with Gasteiger partial charge in [-0.25, -0.2) is 4.79 Å². The van der Waals surface area contributed by atoms with E-state index in [1.807, 2.05) is 24.3 Å². The van der Waals surface area contributed by atoms with Gasteiger partial charge in [-0.05, 0) is 50.7 Å². The molecule has 0 bridgehead atoms. The molecule has 0 unspecified atom stereocenters. The molecule has 2 aliphatic rings. The number of carbonyl (C=O) groups is 1. The van der Waals surface area contributed by atoms with Crippen molar-refractivity contribution in [3.8, 4) is 5.75 Å². The van der Waals surface area contributed by atoms with E-state index in [2.05, 4.69) is 5.32 Å². The Bertz CT molecular complexity index is 514. The fraction of sp³-hybridized carbons (Fsp3) is 0.588. The number of nitrogens with one attached hydrogen (secondary N) is 1. The van der Waals surface area contributed by atoms with Gasteiger partial charge in [0, 0.05) is 18.3 Å². The highest BCUT2D eigenvalue weighted by molar-refractivity contribution is 5.89. The van der Waals surface area contributed by atoms with Crippen molar-refractivity contribution in [1.82, 2.24) is 4.90 Å². The van der Waals surface area contributed by atoms with Gasteiger partial charge in [0.1, 0.15) is 5.75 Å². The molecule has 1 aromatic rings. The molecule has 1 saturated carbocycles. The van der Waals surface area contributed by atoms with Crippen LogP contribution in [0.15, 0.2) is 24.3 Å². The van der Waals surface area contributed by atoms with E-state index in [1.54, 1.807) is 4.90 Å². The van der Waals surface area contributed by atoms with E-state index in [0.717, 1.165) is 37.1 Å². The molecule has 0 radical (unpaired) electrons. The number of carbonyl (C=O) groups excluding carboxylic acids is 1. The van der Waals surface area contributed by atoms with Gasteiger partial charge in [-0.15, -0.1) is 0 Å². The summed E-state index contributed by atoms with van der Waals surface area (Å²) in [5.74, 6) is 0.810. The smallest absolute Gasteiger partial charge is 0.322 e. The normalized spacial score (nSPS) is 22.0. The number of benzene rings is 1. The Hall–Kier alpha value is -1.75. The molecule has 1 aliphatic carbocycles. The number of aliphatic hydroxyl groups excluding tert-OH is 1. The Labute approximate surface area is 131 Å². The number of urea groups is 1. The molecule has 120 valence electrons. The highest BCUT2D eigenvalue weighted by Crippen LogP contribution is 2.26. The van der Waals surface area contributed by atoms with Gasteiger partial charge >= 0.3 is 6.03 Å². The van der Waals surface area contributed by atoms with E-state index in [-0.39, 0.29) is 18.7 Å². The van der Waals surface area contributed by atoms with Crippen LogP contribution in [0.5, 0.6) is 5.75 Å². The van der Waals surface area contributed by atoms with Crippen molar-refractivity contribution in [3.63, 3.8) is 0 Å². The van der Waals surface area contributed by atoms with E-state index < -0.39 is 0 Å². The van der Waals surface area contributed by atoms with Crippen LogP contribution in [-0.4, -0.2) is 41.3 Å². The highest BCUT2D eigenvalue weighted by Gasteiger charge is 2.28. The van der Waals surface area contributed by atoms with E-state index in [9.17, 15) is 9.90 Å². The lowest BCUT2D eigenvalue weighted by Crippen LogP contribution is -2.40. The molecule has 1 aliphatic heterocycles. The van der Waals surface area contributed by atoms with Crippen molar-refractivity contribution >= 4 is 11.7 Å². The average Bonchev–Trinajstić information content (AvgIpc) is 3.18. The van der Waals surface area contributed by atoms with Crippen molar-refractivity contribution in [2.24, 2.45) is 0 Å². The summed E-state index contributed by atoms with van der Waals surface area (Å²) in [6.07, 6.45) is 6.82. The maximum atomic E-state index is 12.3. The first-order valence-electron chi connectivity index (χ1n) is 8.21. The van der Waals surface area contributed by atoms with E-state index in [4.69, 9.17) is 4.74 Å². The molecule has 5 heteroatoms. The third-order valence-electron chi connectivity index (χ3n) is 4.54. The molecule has 2 amide bonds. The molecule has 1 saturated heterocycles. The van der Waals surface area contributed by atoms with E-state index >= 15 is 0 Å². The summed E-state index contributed by atoms with van der Waals surface area (Å²) >= 11 is 0. The minimum atomic E-state index is -0.144. The van der Waals surface area contributed by atoms with Crippen LogP contribution in [-0.2, 0) is 0 Å². The number of ether oxygens (including phenoxy) is 1. The summed E-state index contributed by atoms with van der Waals surface area (Å²) in [5, 5.41) is 12.2. The predicted octanol–water partition coefficient (Wildman–Crippen LogP) is 3.00. The van der Waals surface area contributed by atoms with E-state index in [1.165, 1.54) is 12.8 Å². The first-order chi connectivity index (χ1) is 10.8. The summed E-state index contributed by atoms with van der Waals surface area (Å²) in [7, 11) is 0. The topological polar surface area (TPSA) is 61.8 Å². The lowest BCUT2D eigenvalue weighted by atomic mass is 10.2. The van der Waals surface area contributed by atoms with Crippen LogP contribution in [0, 0.1) is 0 Å². The van der Waals surface area contributed by atoms with Crippen LogP contribution in [0.2, 0.25) is 0 Å². The first-order valence-corrected chi connectivity index (χ1v) is 8.21. The number of likely N-dealkylation sites (tertiary alicyclic amines) is 1. The molecule has 5 nitrogen and oxygen atoms in total. The van der Waals surface area contributed by atoms with Gasteiger partial charge in [0.15, 0.2) is 0 Å². The number of anilines is 1. The standard InChI is InChI=1S/C17H24N2O3/c20-12-14-6-4-10-19(14)17(21)18-13-5-3-9-16(11-13)22-15-7-1-2-8-15/h3,5,9,11,14-15,20H,1-2,4,6-8,10,12H2,(H,18,21)/t14-/m0/s1. The SMILES string of the molecule is O=C(Nc1cccc(OC2CCCC2)c1)N1CCC[C@H]1CO. The van der Waals surface area contributed by atoms with Gasteiger partial charge in [-0.3, -0.25) is 0 Å². The van der Waals surface area contributed by atoms with Gasteiger partial charge in [-0.2, -0.15) is 0 Å². The maximum Gasteiger partial charge on any atom is 0.322 e. The molecule has 0 aromatic heterocycles. The molecule has 22 heavy (non-hydrogen) atoms. The summed E-state index contributed by atoms with van der Waals surface area (Å²) in [4.78, 5) is 14.0. The quantitative estimate of drug-likeness (QED) is 0.899. The fourth-order valence-corrected chi connectivity index (χ4v) is 3.33. The van der Waals surface area contributed by atoms with Crippen LogP contribution in [0.4, 0.5) is 10.5 Å². The minimum absolute atomic E-state index is 0.0260. The maximum absolute atomic E-state index is 12.3. The van der Waals surface area contributed by atoms with Gasteiger partial charge in [0.25, 0.3) is 0 Å². The van der Waals surface area contributed by atoms with Crippen molar-refractivity contribution in [2.75, 3.05) is 18.5 Å². The second-order valence-electron chi connectivity index (χ2n) is 6.15. The lowest BCUT2D eigenvalue weighted by Gasteiger charge is -2.23. The minimum Gasteiger partial charge on any atom is -0.490 e. The van der Waals surface area contributed by atoms with Gasteiger partial charge < -0.3 is 20.1 Å². The van der Waals surface area contributed by atoms with Crippen molar-refractivity contribution in [2.45, 2.75) is 50.7 Å². The molecule has 3 rings (SSSR count). The second kappa shape index (κ2) is 7.01. The zero-order chi connectivity index (χ0) is 15.4. The zero-order valence-electron chi connectivity index (χ0n) is 12.8. The molecule has 2 fully saturated rings. The summed E-state index contributed by atoms with van der Waals surface area (Å²) in [5.41, 5.74) is 0.740. The van der Waals surface area contributed by atoms with Crippen LogP contribution in [0.1, 0.15) is 38.5 Å². The second-order valence-corrected chi connectivity index (χ2v) is 6.15. The zero-order valence-corrected chi connectivity index (χ0v) is 12.8. The van der Waals surface area contributed by atoms with Crippen molar-refractivity contribution in [3.05, 3.63) is 24.3 Å². The fourth-order valence-electron chi connectivity index (χ4n) is 3.33. The van der Waals surface area contributed by atoms with E-state index in [0.29, 0.717) is 12.6 Å².